The molecule has 0 aliphatic carbocycles. The molecule has 5 heteroatoms. The van der Waals surface area contributed by atoms with Crippen LogP contribution >= 0.6 is 15.9 Å². The molecule has 0 saturated carbocycles. The molecule has 1 aromatic heterocycles. The highest BCUT2D eigenvalue weighted by molar-refractivity contribution is 9.10. The van der Waals surface area contributed by atoms with E-state index >= 15 is 0 Å². The number of para-hydroxylation sites is 2. The Morgan fingerprint density at radius 1 is 1.06 bits per heavy atom. The monoisotopic (exact) mass is 280 g/mol. The highest BCUT2D eigenvalue weighted by Crippen LogP contribution is 2.29. The van der Waals surface area contributed by atoms with E-state index in [2.05, 4.69) is 25.9 Å². The Hall–Kier alpha value is -1.62. The van der Waals surface area contributed by atoms with Crippen molar-refractivity contribution in [3.8, 4) is 17.5 Å². The minimum Gasteiger partial charge on any atom is -0.493 e. The molecule has 16 heavy (non-hydrogen) atoms. The van der Waals surface area contributed by atoms with E-state index in [1.165, 1.54) is 0 Å². The summed E-state index contributed by atoms with van der Waals surface area (Å²) in [5.41, 5.74) is 0. The van der Waals surface area contributed by atoms with Crippen LogP contribution in [0.2, 0.25) is 0 Å². The Kier molecular flexibility index (Phi) is 3.36. The fourth-order valence-corrected chi connectivity index (χ4v) is 1.36. The second kappa shape index (κ2) is 4.94. The third-order valence-corrected chi connectivity index (χ3v) is 2.28. The first-order chi connectivity index (χ1) is 7.79. The molecule has 0 aliphatic heterocycles. The fraction of sp³-hybridized carbons (Fsp3) is 0.0909. The Morgan fingerprint density at radius 3 is 2.31 bits per heavy atom. The van der Waals surface area contributed by atoms with Crippen molar-refractivity contribution >= 4 is 15.9 Å². The van der Waals surface area contributed by atoms with Crippen molar-refractivity contribution in [3.05, 3.63) is 41.1 Å². The van der Waals surface area contributed by atoms with Crippen LogP contribution in [0.5, 0.6) is 17.5 Å². The fourth-order valence-electron chi connectivity index (χ4n) is 1.15. The molecule has 2 aromatic rings. The SMILES string of the molecule is COc1ccccc1Oc1ncc(Br)cn1. The molecule has 4 nitrogen and oxygen atoms in total. The lowest BCUT2D eigenvalue weighted by molar-refractivity contribution is 0.368. The third-order valence-electron chi connectivity index (χ3n) is 1.87. The largest absolute Gasteiger partial charge is 0.493 e. The summed E-state index contributed by atoms with van der Waals surface area (Å²) in [5.74, 6) is 1.24. The number of ether oxygens (including phenoxy) is 2. The van der Waals surface area contributed by atoms with Gasteiger partial charge < -0.3 is 9.47 Å². The van der Waals surface area contributed by atoms with Crippen LogP contribution in [-0.2, 0) is 0 Å². The first-order valence-corrected chi connectivity index (χ1v) is 5.37. The highest BCUT2D eigenvalue weighted by atomic mass is 79.9. The first kappa shape index (κ1) is 10.9. The highest BCUT2D eigenvalue weighted by Gasteiger charge is 2.05. The molecule has 1 aromatic carbocycles. The van der Waals surface area contributed by atoms with Crippen LogP contribution in [0.15, 0.2) is 41.1 Å². The number of rotatable bonds is 3. The Bertz CT molecular complexity index is 474. The van der Waals surface area contributed by atoms with Crippen molar-refractivity contribution in [3.63, 3.8) is 0 Å². The lowest BCUT2D eigenvalue weighted by Crippen LogP contribution is -1.93. The van der Waals surface area contributed by atoms with Gasteiger partial charge in [0, 0.05) is 12.4 Å². The topological polar surface area (TPSA) is 44.2 Å². The van der Waals surface area contributed by atoms with E-state index in [1.807, 2.05) is 18.2 Å². The molecule has 0 bridgehead atoms. The maximum Gasteiger partial charge on any atom is 0.322 e. The molecule has 0 saturated heterocycles. The molecular formula is C11H9BrN2O2. The maximum absolute atomic E-state index is 5.49. The van der Waals surface area contributed by atoms with Gasteiger partial charge in [-0.1, -0.05) is 12.1 Å². The average molecular weight is 281 g/mol. The molecule has 82 valence electrons. The smallest absolute Gasteiger partial charge is 0.322 e. The van der Waals surface area contributed by atoms with Gasteiger partial charge in [0.2, 0.25) is 0 Å². The van der Waals surface area contributed by atoms with E-state index in [0.717, 1.165) is 4.47 Å². The van der Waals surface area contributed by atoms with Gasteiger partial charge in [-0.25, -0.2) is 9.97 Å². The van der Waals surface area contributed by atoms with Gasteiger partial charge in [-0.15, -0.1) is 0 Å². The number of nitrogens with zero attached hydrogens (tertiary/aromatic N) is 2. The Labute approximate surface area is 101 Å². The molecule has 0 radical (unpaired) electrons. The Morgan fingerprint density at radius 2 is 1.69 bits per heavy atom. The van der Waals surface area contributed by atoms with Crippen LogP contribution in [0.1, 0.15) is 0 Å². The van der Waals surface area contributed by atoms with Crippen molar-refractivity contribution in [1.82, 2.24) is 9.97 Å². The van der Waals surface area contributed by atoms with Crippen molar-refractivity contribution in [2.75, 3.05) is 7.11 Å². The summed E-state index contributed by atoms with van der Waals surface area (Å²) in [4.78, 5) is 8.03. The summed E-state index contributed by atoms with van der Waals surface area (Å²) in [6.45, 7) is 0. The van der Waals surface area contributed by atoms with Crippen LogP contribution in [-0.4, -0.2) is 17.1 Å². The van der Waals surface area contributed by atoms with Crippen LogP contribution < -0.4 is 9.47 Å². The van der Waals surface area contributed by atoms with Gasteiger partial charge in [0.05, 0.1) is 11.6 Å². The zero-order valence-corrected chi connectivity index (χ0v) is 10.1. The van der Waals surface area contributed by atoms with Crippen LogP contribution in [0.25, 0.3) is 0 Å². The minimum atomic E-state index is 0.285. The van der Waals surface area contributed by atoms with Gasteiger partial charge in [0.1, 0.15) is 0 Å². The first-order valence-electron chi connectivity index (χ1n) is 4.58. The molecule has 0 aliphatic rings. The van der Waals surface area contributed by atoms with Crippen molar-refractivity contribution in [2.45, 2.75) is 0 Å². The van der Waals surface area contributed by atoms with Gasteiger partial charge in [0.15, 0.2) is 11.5 Å². The second-order valence-electron chi connectivity index (χ2n) is 2.94. The molecule has 0 amide bonds. The van der Waals surface area contributed by atoms with Gasteiger partial charge in [-0.3, -0.25) is 0 Å². The quantitative estimate of drug-likeness (QED) is 0.867. The average Bonchev–Trinajstić information content (AvgIpc) is 2.33. The van der Waals surface area contributed by atoms with Gasteiger partial charge in [0.25, 0.3) is 0 Å². The second-order valence-corrected chi connectivity index (χ2v) is 3.85. The van der Waals surface area contributed by atoms with Gasteiger partial charge in [-0.05, 0) is 28.1 Å². The van der Waals surface area contributed by atoms with E-state index in [1.54, 1.807) is 25.6 Å². The van der Waals surface area contributed by atoms with Crippen molar-refractivity contribution in [2.24, 2.45) is 0 Å². The normalized spacial score (nSPS) is 9.88. The predicted molar refractivity (Wildman–Crippen MR) is 62.8 cm³/mol. The van der Waals surface area contributed by atoms with Crippen molar-refractivity contribution in [1.29, 1.82) is 0 Å². The van der Waals surface area contributed by atoms with Gasteiger partial charge >= 0.3 is 6.01 Å². The number of hydrogen-bond donors (Lipinski definition) is 0. The Balaban J connectivity index is 2.23. The summed E-state index contributed by atoms with van der Waals surface area (Å²) in [7, 11) is 1.59. The minimum absolute atomic E-state index is 0.285. The molecule has 0 N–H and O–H groups in total. The zero-order valence-electron chi connectivity index (χ0n) is 8.55. The number of methoxy groups -OCH3 is 1. The summed E-state index contributed by atoms with van der Waals surface area (Å²) in [6, 6.07) is 7.62. The number of hydrogen-bond acceptors (Lipinski definition) is 4. The lowest BCUT2D eigenvalue weighted by Gasteiger charge is -2.07. The number of halogens is 1. The third kappa shape index (κ3) is 2.49. The van der Waals surface area contributed by atoms with Gasteiger partial charge in [-0.2, -0.15) is 0 Å². The molecule has 0 unspecified atom stereocenters. The van der Waals surface area contributed by atoms with E-state index < -0.39 is 0 Å². The van der Waals surface area contributed by atoms with E-state index in [4.69, 9.17) is 9.47 Å². The molecule has 0 spiro atoms. The van der Waals surface area contributed by atoms with Crippen LogP contribution in [0, 0.1) is 0 Å². The summed E-state index contributed by atoms with van der Waals surface area (Å²) >= 11 is 3.25. The van der Waals surface area contributed by atoms with Crippen LogP contribution in [0.4, 0.5) is 0 Å². The zero-order chi connectivity index (χ0) is 11.4. The summed E-state index contributed by atoms with van der Waals surface area (Å²) in [5, 5.41) is 0. The molecular weight excluding hydrogens is 272 g/mol. The summed E-state index contributed by atoms with van der Waals surface area (Å²) in [6.07, 6.45) is 3.25. The number of aromatic nitrogens is 2. The molecule has 0 atom stereocenters. The van der Waals surface area contributed by atoms with E-state index in [9.17, 15) is 0 Å². The lowest BCUT2D eigenvalue weighted by atomic mass is 10.3. The van der Waals surface area contributed by atoms with Crippen LogP contribution in [0.3, 0.4) is 0 Å². The van der Waals surface area contributed by atoms with Crippen molar-refractivity contribution < 1.29 is 9.47 Å². The molecule has 0 fully saturated rings. The van der Waals surface area contributed by atoms with E-state index in [0.29, 0.717) is 11.5 Å². The summed E-state index contributed by atoms with van der Waals surface area (Å²) < 4.78 is 11.4. The maximum atomic E-state index is 5.49. The molecule has 1 heterocycles. The number of benzene rings is 1. The van der Waals surface area contributed by atoms with E-state index in [-0.39, 0.29) is 6.01 Å². The standard InChI is InChI=1S/C11H9BrN2O2/c1-15-9-4-2-3-5-10(9)16-11-13-6-8(12)7-14-11/h2-7H,1H3. The molecule has 2 rings (SSSR count). The predicted octanol–water partition coefficient (Wildman–Crippen LogP) is 3.04.